The van der Waals surface area contributed by atoms with Crippen LogP contribution in [0.15, 0.2) is 67.2 Å². The van der Waals surface area contributed by atoms with Gasteiger partial charge in [-0.2, -0.15) is 5.06 Å². The molecule has 1 aliphatic rings. The molecule has 0 N–H and O–H groups in total. The maximum Gasteiger partial charge on any atom is 0.338 e. The molecule has 0 aliphatic carbocycles. The highest BCUT2D eigenvalue weighted by molar-refractivity contribution is 5.89. The summed E-state index contributed by atoms with van der Waals surface area (Å²) in [4.78, 5) is 18.8. The van der Waals surface area contributed by atoms with E-state index in [0.717, 1.165) is 11.1 Å². The fourth-order valence-electron chi connectivity index (χ4n) is 4.30. The Morgan fingerprint density at radius 1 is 0.931 bits per heavy atom. The molecule has 0 bridgehead atoms. The quantitative estimate of drug-likeness (QED) is 0.607. The van der Waals surface area contributed by atoms with Crippen LogP contribution in [0.2, 0.25) is 0 Å². The third-order valence-corrected chi connectivity index (χ3v) is 5.39. The van der Waals surface area contributed by atoms with E-state index in [1.807, 2.05) is 48.5 Å². The van der Waals surface area contributed by atoms with E-state index < -0.39 is 0 Å². The smallest absolute Gasteiger partial charge is 0.338 e. The second-order valence-corrected chi connectivity index (χ2v) is 8.96. The van der Waals surface area contributed by atoms with Crippen LogP contribution in [0.3, 0.4) is 0 Å². The topological polar surface area (TPSA) is 38.8 Å². The number of hydrogen-bond donors (Lipinski definition) is 0. The number of rotatable bonds is 6. The highest BCUT2D eigenvalue weighted by atomic mass is 16.7. The number of ether oxygens (including phenoxy) is 1. The van der Waals surface area contributed by atoms with Crippen molar-refractivity contribution in [2.45, 2.75) is 57.7 Å². The summed E-state index contributed by atoms with van der Waals surface area (Å²) in [7, 11) is 0. The van der Waals surface area contributed by atoms with Crippen LogP contribution in [0, 0.1) is 0 Å². The zero-order chi connectivity index (χ0) is 21.1. The predicted molar refractivity (Wildman–Crippen MR) is 116 cm³/mol. The lowest BCUT2D eigenvalue weighted by Crippen LogP contribution is -2.62. The summed E-state index contributed by atoms with van der Waals surface area (Å²) in [6.45, 7) is 13.1. The molecule has 0 amide bonds. The molecule has 3 rings (SSSR count). The summed E-state index contributed by atoms with van der Waals surface area (Å²) in [5.74, 6) is -0.269. The fraction of sp³-hybridized carbons (Fsp3) is 0.400. The third-order valence-electron chi connectivity index (χ3n) is 5.39. The molecular formula is C25H31NO3. The first-order valence-corrected chi connectivity index (χ1v) is 10.1. The first-order chi connectivity index (χ1) is 13.7. The van der Waals surface area contributed by atoms with Gasteiger partial charge in [0, 0.05) is 23.9 Å². The van der Waals surface area contributed by atoms with Crippen molar-refractivity contribution >= 4 is 11.5 Å². The number of nitrogens with zero attached hydrogens (tertiary/aromatic N) is 1. The van der Waals surface area contributed by atoms with E-state index in [1.165, 1.54) is 0 Å². The van der Waals surface area contributed by atoms with E-state index in [1.54, 1.807) is 12.1 Å². The maximum atomic E-state index is 12.5. The molecule has 4 heteroatoms. The summed E-state index contributed by atoms with van der Waals surface area (Å²) in [5.41, 5.74) is 2.02. The Balaban J connectivity index is 1.65. The number of hydrogen-bond acceptors (Lipinski definition) is 4. The number of carbonyl (C=O) groups excluding carboxylic acids is 1. The Morgan fingerprint density at radius 3 is 1.93 bits per heavy atom. The standard InChI is InChI=1S/C25H31NO3/c1-19(20-12-8-6-9-13-20)18-28-26-24(2,3)16-22(17-25(26,4)5)29-23(27)21-14-10-7-11-15-21/h6-15,22H,1,16-18H2,2-5H3. The molecule has 0 spiro atoms. The van der Waals surface area contributed by atoms with Gasteiger partial charge in [0.2, 0.25) is 0 Å². The summed E-state index contributed by atoms with van der Waals surface area (Å²) >= 11 is 0. The normalized spacial score (nSPS) is 18.9. The first-order valence-electron chi connectivity index (χ1n) is 10.1. The molecule has 1 saturated heterocycles. The Hall–Kier alpha value is -2.43. The van der Waals surface area contributed by atoms with E-state index in [-0.39, 0.29) is 23.2 Å². The molecule has 1 heterocycles. The molecule has 2 aromatic carbocycles. The molecule has 0 unspecified atom stereocenters. The van der Waals surface area contributed by atoms with Gasteiger partial charge in [0.15, 0.2) is 0 Å². The van der Waals surface area contributed by atoms with E-state index in [2.05, 4.69) is 39.3 Å². The van der Waals surface area contributed by atoms with Gasteiger partial charge in [-0.15, -0.1) is 0 Å². The van der Waals surface area contributed by atoms with Crippen LogP contribution in [0.5, 0.6) is 0 Å². The van der Waals surface area contributed by atoms with E-state index >= 15 is 0 Å². The van der Waals surface area contributed by atoms with Crippen LogP contribution in [-0.4, -0.2) is 34.8 Å². The van der Waals surface area contributed by atoms with Gasteiger partial charge in [-0.1, -0.05) is 55.1 Å². The first kappa shape index (κ1) is 21.3. The highest BCUT2D eigenvalue weighted by Crippen LogP contribution is 2.40. The molecule has 0 radical (unpaired) electrons. The van der Waals surface area contributed by atoms with Crippen LogP contribution < -0.4 is 0 Å². The maximum absolute atomic E-state index is 12.5. The molecule has 1 aliphatic heterocycles. The van der Waals surface area contributed by atoms with Crippen molar-refractivity contribution in [3.05, 3.63) is 78.4 Å². The molecule has 2 aromatic rings. The van der Waals surface area contributed by atoms with Gasteiger partial charge in [0.05, 0.1) is 12.2 Å². The predicted octanol–water partition coefficient (Wildman–Crippen LogP) is 5.51. The van der Waals surface area contributed by atoms with Crippen molar-refractivity contribution in [3.8, 4) is 0 Å². The Labute approximate surface area is 174 Å². The lowest BCUT2D eigenvalue weighted by molar-refractivity contribution is -0.284. The minimum absolute atomic E-state index is 0.162. The minimum atomic E-state index is -0.291. The highest BCUT2D eigenvalue weighted by Gasteiger charge is 2.48. The Bertz CT molecular complexity index is 825. The monoisotopic (exact) mass is 393 g/mol. The third kappa shape index (κ3) is 5.14. The van der Waals surface area contributed by atoms with Crippen molar-refractivity contribution in [1.82, 2.24) is 5.06 Å². The number of esters is 1. The van der Waals surface area contributed by atoms with Crippen molar-refractivity contribution in [2.75, 3.05) is 6.61 Å². The Kier molecular flexibility index (Phi) is 6.25. The molecule has 29 heavy (non-hydrogen) atoms. The van der Waals surface area contributed by atoms with Crippen LogP contribution in [0.1, 0.15) is 56.5 Å². The minimum Gasteiger partial charge on any atom is -0.459 e. The largest absolute Gasteiger partial charge is 0.459 e. The summed E-state index contributed by atoms with van der Waals surface area (Å²) in [5, 5.41) is 2.06. The SMILES string of the molecule is C=C(CON1C(C)(C)CC(OC(=O)c2ccccc2)CC1(C)C)c1ccccc1. The zero-order valence-electron chi connectivity index (χ0n) is 17.9. The Morgan fingerprint density at radius 2 is 1.41 bits per heavy atom. The molecule has 4 nitrogen and oxygen atoms in total. The van der Waals surface area contributed by atoms with E-state index in [4.69, 9.17) is 9.57 Å². The van der Waals surface area contributed by atoms with Gasteiger partial charge < -0.3 is 4.74 Å². The number of hydroxylamine groups is 2. The molecule has 0 saturated carbocycles. The summed E-state index contributed by atoms with van der Waals surface area (Å²) in [6, 6.07) is 19.2. The van der Waals surface area contributed by atoms with Gasteiger partial charge in [-0.25, -0.2) is 4.79 Å². The molecular weight excluding hydrogens is 362 g/mol. The van der Waals surface area contributed by atoms with Crippen molar-refractivity contribution in [1.29, 1.82) is 0 Å². The average molecular weight is 394 g/mol. The van der Waals surface area contributed by atoms with E-state index in [0.29, 0.717) is 25.0 Å². The van der Waals surface area contributed by atoms with Crippen LogP contribution in [-0.2, 0) is 9.57 Å². The van der Waals surface area contributed by atoms with Crippen molar-refractivity contribution in [2.24, 2.45) is 0 Å². The van der Waals surface area contributed by atoms with Crippen LogP contribution >= 0.6 is 0 Å². The molecule has 154 valence electrons. The molecule has 1 fully saturated rings. The van der Waals surface area contributed by atoms with Crippen LogP contribution in [0.4, 0.5) is 0 Å². The number of benzene rings is 2. The second kappa shape index (κ2) is 8.52. The zero-order valence-corrected chi connectivity index (χ0v) is 17.9. The van der Waals surface area contributed by atoms with Gasteiger partial charge in [-0.05, 0) is 51.0 Å². The van der Waals surface area contributed by atoms with Gasteiger partial charge >= 0.3 is 5.97 Å². The van der Waals surface area contributed by atoms with Crippen molar-refractivity contribution in [3.63, 3.8) is 0 Å². The lowest BCUT2D eigenvalue weighted by atomic mass is 9.80. The number of piperidine rings is 1. The van der Waals surface area contributed by atoms with Gasteiger partial charge in [0.25, 0.3) is 0 Å². The van der Waals surface area contributed by atoms with Crippen molar-refractivity contribution < 1.29 is 14.4 Å². The van der Waals surface area contributed by atoms with Crippen LogP contribution in [0.25, 0.3) is 5.57 Å². The van der Waals surface area contributed by atoms with Gasteiger partial charge in [-0.3, -0.25) is 4.84 Å². The molecule has 0 aromatic heterocycles. The summed E-state index contributed by atoms with van der Waals surface area (Å²) in [6.07, 6.45) is 1.24. The average Bonchev–Trinajstić information content (AvgIpc) is 2.67. The second-order valence-electron chi connectivity index (χ2n) is 8.96. The molecule has 0 atom stereocenters. The summed E-state index contributed by atoms with van der Waals surface area (Å²) < 4.78 is 5.85. The fourth-order valence-corrected chi connectivity index (χ4v) is 4.30. The van der Waals surface area contributed by atoms with E-state index in [9.17, 15) is 4.79 Å². The lowest BCUT2D eigenvalue weighted by Gasteiger charge is -2.53. The number of carbonyl (C=O) groups is 1. The van der Waals surface area contributed by atoms with Gasteiger partial charge in [0.1, 0.15) is 6.10 Å².